The first-order valence-electron chi connectivity index (χ1n) is 8.83. The van der Waals surface area contributed by atoms with E-state index in [4.69, 9.17) is 20.5 Å². The van der Waals surface area contributed by atoms with Crippen molar-refractivity contribution in [3.8, 4) is 17.6 Å². The normalized spacial score (nSPS) is 11.2. The summed E-state index contributed by atoms with van der Waals surface area (Å²) in [5.41, 5.74) is 0.146. The summed E-state index contributed by atoms with van der Waals surface area (Å²) in [6, 6.07) is 8.90. The summed E-state index contributed by atoms with van der Waals surface area (Å²) in [5, 5.41) is 4.29. The summed E-state index contributed by atoms with van der Waals surface area (Å²) in [4.78, 5) is 20.0. The molecule has 0 saturated carbocycles. The van der Waals surface area contributed by atoms with Crippen LogP contribution < -0.4 is 13.6 Å². The van der Waals surface area contributed by atoms with Crippen molar-refractivity contribution in [1.29, 1.82) is 0 Å². The minimum atomic E-state index is -0.687. The largest absolute Gasteiger partial charge is 0.476 e. The molecular formula is C19H19ClFN5O3S. The van der Waals surface area contributed by atoms with E-state index in [0.717, 1.165) is 0 Å². The average Bonchev–Trinajstić information content (AvgIpc) is 3.15. The fraction of sp³-hybridized carbons (Fsp3) is 0.263. The first-order chi connectivity index (χ1) is 14.2. The highest BCUT2D eigenvalue weighted by molar-refractivity contribution is 7.93. The average molecular weight is 452 g/mol. The number of ether oxygens (including phenoxy) is 1. The highest BCUT2D eigenvalue weighted by atomic mass is 35.5. The number of pyridine rings is 2. The first-order valence-corrected chi connectivity index (χ1v) is 9.95. The van der Waals surface area contributed by atoms with Crippen molar-refractivity contribution in [2.24, 2.45) is 5.41 Å². The van der Waals surface area contributed by atoms with Crippen molar-refractivity contribution in [1.82, 2.24) is 24.5 Å². The lowest BCUT2D eigenvalue weighted by Gasteiger charge is -2.17. The molecule has 158 valence electrons. The summed E-state index contributed by atoms with van der Waals surface area (Å²) in [7, 11) is 0. The molecule has 0 saturated heterocycles. The van der Waals surface area contributed by atoms with Gasteiger partial charge in [-0.25, -0.2) is 9.67 Å². The number of rotatable bonds is 7. The van der Waals surface area contributed by atoms with Gasteiger partial charge in [0.15, 0.2) is 18.0 Å². The molecule has 3 aromatic heterocycles. The van der Waals surface area contributed by atoms with Gasteiger partial charge in [-0.3, -0.25) is 9.52 Å². The SMILES string of the molecule is CC(C)(C)COc1ccn(-c2ccc(C(=O)NSOc3cccc(F)n3)c(Cl)n2)n1. The molecule has 3 aromatic rings. The zero-order chi connectivity index (χ0) is 21.7. The summed E-state index contributed by atoms with van der Waals surface area (Å²) in [6.45, 7) is 6.70. The van der Waals surface area contributed by atoms with Gasteiger partial charge in [0.1, 0.15) is 5.15 Å². The third kappa shape index (κ3) is 6.07. The van der Waals surface area contributed by atoms with Crippen molar-refractivity contribution in [3.05, 3.63) is 59.3 Å². The predicted molar refractivity (Wildman–Crippen MR) is 111 cm³/mol. The highest BCUT2D eigenvalue weighted by Gasteiger charge is 2.15. The van der Waals surface area contributed by atoms with E-state index in [2.05, 4.69) is 40.6 Å². The molecule has 11 heteroatoms. The Hall–Kier alpha value is -2.85. The van der Waals surface area contributed by atoms with Gasteiger partial charge in [0.25, 0.3) is 5.91 Å². The molecule has 0 aliphatic rings. The molecule has 0 atom stereocenters. The Kier molecular flexibility index (Phi) is 6.78. The molecule has 0 aromatic carbocycles. The van der Waals surface area contributed by atoms with Crippen LogP contribution >= 0.6 is 23.8 Å². The van der Waals surface area contributed by atoms with Crippen LogP contribution in [0.1, 0.15) is 31.1 Å². The van der Waals surface area contributed by atoms with E-state index < -0.39 is 11.9 Å². The number of nitrogens with one attached hydrogen (secondary N) is 1. The van der Waals surface area contributed by atoms with E-state index in [0.29, 0.717) is 30.5 Å². The molecule has 3 heterocycles. The van der Waals surface area contributed by atoms with Gasteiger partial charge < -0.3 is 8.92 Å². The molecule has 3 rings (SSSR count). The van der Waals surface area contributed by atoms with Crippen molar-refractivity contribution >= 4 is 29.7 Å². The highest BCUT2D eigenvalue weighted by Crippen LogP contribution is 2.20. The van der Waals surface area contributed by atoms with Crippen molar-refractivity contribution in [2.45, 2.75) is 20.8 Å². The summed E-state index contributed by atoms with van der Waals surface area (Å²) >= 11 is 6.75. The lowest BCUT2D eigenvalue weighted by Crippen LogP contribution is -2.18. The molecule has 1 amide bonds. The van der Waals surface area contributed by atoms with Gasteiger partial charge in [0.05, 0.1) is 12.2 Å². The quantitative estimate of drug-likeness (QED) is 0.326. The lowest BCUT2D eigenvalue weighted by molar-refractivity contribution is 0.0983. The zero-order valence-electron chi connectivity index (χ0n) is 16.4. The number of aromatic nitrogens is 4. The Morgan fingerprint density at radius 1 is 1.20 bits per heavy atom. The Balaban J connectivity index is 1.60. The Bertz CT molecular complexity index is 1040. The molecule has 30 heavy (non-hydrogen) atoms. The molecule has 0 unspecified atom stereocenters. The lowest BCUT2D eigenvalue weighted by atomic mass is 9.99. The number of nitrogens with zero attached hydrogens (tertiary/aromatic N) is 4. The third-order valence-electron chi connectivity index (χ3n) is 3.48. The van der Waals surface area contributed by atoms with Gasteiger partial charge in [-0.1, -0.05) is 38.4 Å². The fourth-order valence-corrected chi connectivity index (χ4v) is 2.76. The summed E-state index contributed by atoms with van der Waals surface area (Å²) < 4.78 is 27.7. The van der Waals surface area contributed by atoms with E-state index in [1.165, 1.54) is 28.9 Å². The van der Waals surface area contributed by atoms with E-state index in [9.17, 15) is 9.18 Å². The Morgan fingerprint density at radius 3 is 2.70 bits per heavy atom. The zero-order valence-corrected chi connectivity index (χ0v) is 18.0. The van der Waals surface area contributed by atoms with E-state index in [-0.39, 0.29) is 22.0 Å². The van der Waals surface area contributed by atoms with Crippen LogP contribution in [0.2, 0.25) is 5.15 Å². The number of halogens is 2. The monoisotopic (exact) mass is 451 g/mol. The Morgan fingerprint density at radius 2 is 2.00 bits per heavy atom. The maximum atomic E-state index is 13.0. The summed E-state index contributed by atoms with van der Waals surface area (Å²) in [5.74, 6) is -0.315. The number of hydrogen-bond donors (Lipinski definition) is 1. The number of carbonyl (C=O) groups excluding carboxylic acids is 1. The van der Waals surface area contributed by atoms with Crippen LogP contribution in [0.3, 0.4) is 0 Å². The topological polar surface area (TPSA) is 91.2 Å². The maximum Gasteiger partial charge on any atom is 0.266 e. The predicted octanol–water partition coefficient (Wildman–Crippen LogP) is 4.25. The van der Waals surface area contributed by atoms with Crippen molar-refractivity contribution in [3.63, 3.8) is 0 Å². The van der Waals surface area contributed by atoms with Crippen molar-refractivity contribution in [2.75, 3.05) is 6.61 Å². The van der Waals surface area contributed by atoms with Crippen LogP contribution in [-0.4, -0.2) is 32.3 Å². The van der Waals surface area contributed by atoms with Gasteiger partial charge >= 0.3 is 0 Å². The summed E-state index contributed by atoms with van der Waals surface area (Å²) in [6.07, 6.45) is 1.69. The Labute approximate surface area is 182 Å². The van der Waals surface area contributed by atoms with Gasteiger partial charge in [0, 0.05) is 18.3 Å². The molecule has 8 nitrogen and oxygen atoms in total. The second kappa shape index (κ2) is 9.31. The molecule has 0 aliphatic heterocycles. The molecule has 0 spiro atoms. The van der Waals surface area contributed by atoms with Gasteiger partial charge in [0.2, 0.25) is 17.7 Å². The van der Waals surface area contributed by atoms with Crippen LogP contribution in [0.25, 0.3) is 5.82 Å². The minimum Gasteiger partial charge on any atom is -0.476 e. The van der Waals surface area contributed by atoms with Crippen LogP contribution in [0, 0.1) is 11.4 Å². The second-order valence-corrected chi connectivity index (χ2v) is 8.25. The first kappa shape index (κ1) is 21.8. The standard InChI is InChI=1S/C19H19ClFN5O3S/c1-19(2,3)11-28-16-9-10-26(24-16)14-8-7-12(17(20)23-14)18(27)25-30-29-15-6-4-5-13(21)22-15/h4-10H,11H2,1-3H3,(H,25,27). The van der Waals surface area contributed by atoms with Crippen LogP contribution in [0.15, 0.2) is 42.6 Å². The van der Waals surface area contributed by atoms with Crippen LogP contribution in [-0.2, 0) is 0 Å². The van der Waals surface area contributed by atoms with Crippen LogP contribution in [0.5, 0.6) is 11.8 Å². The molecule has 0 aliphatic carbocycles. The van der Waals surface area contributed by atoms with E-state index in [1.54, 1.807) is 18.3 Å². The maximum absolute atomic E-state index is 13.0. The fourth-order valence-electron chi connectivity index (χ4n) is 2.12. The number of carbonyl (C=O) groups is 1. The van der Waals surface area contributed by atoms with Gasteiger partial charge in [-0.2, -0.15) is 9.37 Å². The molecule has 0 radical (unpaired) electrons. The molecular weight excluding hydrogens is 433 g/mol. The third-order valence-corrected chi connectivity index (χ3v) is 4.29. The van der Waals surface area contributed by atoms with E-state index in [1.807, 2.05) is 0 Å². The second-order valence-electron chi connectivity index (χ2n) is 7.35. The molecule has 0 bridgehead atoms. The van der Waals surface area contributed by atoms with Crippen LogP contribution in [0.4, 0.5) is 4.39 Å². The number of hydrogen-bond acceptors (Lipinski definition) is 7. The minimum absolute atomic E-state index is 0.00676. The van der Waals surface area contributed by atoms with Crippen molar-refractivity contribution < 1.29 is 18.1 Å². The molecule has 0 fully saturated rings. The number of amides is 1. The molecule has 1 N–H and O–H groups in total. The smallest absolute Gasteiger partial charge is 0.266 e. The van der Waals surface area contributed by atoms with Gasteiger partial charge in [-0.15, -0.1) is 5.10 Å². The van der Waals surface area contributed by atoms with Gasteiger partial charge in [-0.05, 0) is 23.6 Å². The van der Waals surface area contributed by atoms with E-state index >= 15 is 0 Å².